The Balaban J connectivity index is 2.28. The summed E-state index contributed by atoms with van der Waals surface area (Å²) in [5.41, 5.74) is 1.14. The number of anilines is 1. The molecule has 1 atom stereocenters. The zero-order chi connectivity index (χ0) is 13.2. The molecular formula is C13H18ClN3S. The number of rotatable bonds is 4. The van der Waals surface area contributed by atoms with Gasteiger partial charge >= 0.3 is 0 Å². The van der Waals surface area contributed by atoms with Gasteiger partial charge in [0, 0.05) is 11.9 Å². The summed E-state index contributed by atoms with van der Waals surface area (Å²) in [4.78, 5) is 8.61. The number of thiophene rings is 1. The summed E-state index contributed by atoms with van der Waals surface area (Å²) >= 11 is 7.56. The number of hydrogen-bond acceptors (Lipinski definition) is 4. The van der Waals surface area contributed by atoms with Crippen molar-refractivity contribution in [1.29, 1.82) is 0 Å². The first-order valence-corrected chi connectivity index (χ1v) is 7.44. The van der Waals surface area contributed by atoms with Gasteiger partial charge in [0.1, 0.15) is 12.1 Å². The molecule has 5 heteroatoms. The van der Waals surface area contributed by atoms with Gasteiger partial charge in [-0.05, 0) is 23.3 Å². The quantitative estimate of drug-likeness (QED) is 0.857. The minimum Gasteiger partial charge on any atom is -0.365 e. The molecule has 0 fully saturated rings. The average Bonchev–Trinajstić information content (AvgIpc) is 2.76. The molecule has 0 saturated carbocycles. The molecule has 0 bridgehead atoms. The van der Waals surface area contributed by atoms with Crippen molar-refractivity contribution in [3.8, 4) is 0 Å². The van der Waals surface area contributed by atoms with Crippen molar-refractivity contribution in [1.82, 2.24) is 9.97 Å². The summed E-state index contributed by atoms with van der Waals surface area (Å²) < 4.78 is 1.11. The van der Waals surface area contributed by atoms with E-state index in [1.54, 1.807) is 17.7 Å². The fourth-order valence-corrected chi connectivity index (χ4v) is 2.90. The molecule has 0 aliphatic rings. The van der Waals surface area contributed by atoms with Gasteiger partial charge in [-0.1, -0.05) is 20.8 Å². The number of nitrogens with zero attached hydrogens (tertiary/aromatic N) is 2. The molecule has 0 aliphatic carbocycles. The first-order valence-electron chi connectivity index (χ1n) is 6.03. The fourth-order valence-electron chi connectivity index (χ4n) is 1.89. The monoisotopic (exact) mass is 283 g/mol. The summed E-state index contributed by atoms with van der Waals surface area (Å²) in [6, 6.07) is 2.32. The predicted octanol–water partition coefficient (Wildman–Crippen LogP) is 4.15. The number of aromatic nitrogens is 2. The van der Waals surface area contributed by atoms with Crippen molar-refractivity contribution in [2.75, 3.05) is 11.2 Å². The van der Waals surface area contributed by atoms with Crippen LogP contribution in [-0.2, 0) is 0 Å². The van der Waals surface area contributed by atoms with Crippen LogP contribution in [-0.4, -0.2) is 21.9 Å². The topological polar surface area (TPSA) is 37.8 Å². The molecule has 0 saturated heterocycles. The van der Waals surface area contributed by atoms with E-state index < -0.39 is 0 Å². The molecule has 0 aliphatic heterocycles. The van der Waals surface area contributed by atoms with E-state index in [0.29, 0.717) is 11.9 Å². The second-order valence-corrected chi connectivity index (χ2v) is 6.69. The minimum absolute atomic E-state index is 0.142. The van der Waals surface area contributed by atoms with E-state index in [1.165, 1.54) is 0 Å². The van der Waals surface area contributed by atoms with Crippen LogP contribution >= 0.6 is 22.9 Å². The average molecular weight is 284 g/mol. The van der Waals surface area contributed by atoms with Crippen LogP contribution in [0, 0.1) is 5.41 Å². The maximum absolute atomic E-state index is 5.90. The molecule has 1 unspecified atom stereocenters. The Kier molecular flexibility index (Phi) is 4.07. The van der Waals surface area contributed by atoms with Gasteiger partial charge < -0.3 is 5.32 Å². The summed E-state index contributed by atoms with van der Waals surface area (Å²) in [7, 11) is 0. The molecule has 0 radical (unpaired) electrons. The summed E-state index contributed by atoms with van der Waals surface area (Å²) in [6.07, 6.45) is 2.53. The lowest BCUT2D eigenvalue weighted by Crippen LogP contribution is -2.34. The van der Waals surface area contributed by atoms with E-state index in [9.17, 15) is 0 Å². The molecule has 18 heavy (non-hydrogen) atoms. The number of halogens is 1. The Labute approximate surface area is 117 Å². The largest absolute Gasteiger partial charge is 0.365 e. The molecular weight excluding hydrogens is 266 g/mol. The van der Waals surface area contributed by atoms with Crippen LogP contribution in [0.4, 0.5) is 5.82 Å². The van der Waals surface area contributed by atoms with Gasteiger partial charge in [-0.25, -0.2) is 9.97 Å². The van der Waals surface area contributed by atoms with Crippen molar-refractivity contribution in [3.63, 3.8) is 0 Å². The van der Waals surface area contributed by atoms with Crippen LogP contribution in [0.3, 0.4) is 0 Å². The van der Waals surface area contributed by atoms with Crippen molar-refractivity contribution >= 4 is 39.0 Å². The Morgan fingerprint density at radius 2 is 2.17 bits per heavy atom. The maximum Gasteiger partial charge on any atom is 0.147 e. The SMILES string of the molecule is CC(C)(C)C(CCCl)Nc1ncnc2ccsc12. The molecule has 2 rings (SSSR count). The molecule has 2 aromatic rings. The van der Waals surface area contributed by atoms with Crippen molar-refractivity contribution in [3.05, 3.63) is 17.8 Å². The first-order chi connectivity index (χ1) is 8.52. The van der Waals surface area contributed by atoms with Gasteiger partial charge in [0.2, 0.25) is 0 Å². The van der Waals surface area contributed by atoms with E-state index in [2.05, 4.69) is 36.1 Å². The van der Waals surface area contributed by atoms with Gasteiger partial charge in [-0.2, -0.15) is 0 Å². The molecule has 0 aromatic carbocycles. The van der Waals surface area contributed by atoms with Gasteiger partial charge in [-0.15, -0.1) is 22.9 Å². The van der Waals surface area contributed by atoms with Crippen LogP contribution < -0.4 is 5.32 Å². The molecule has 98 valence electrons. The normalized spacial score (nSPS) is 13.8. The van der Waals surface area contributed by atoms with Gasteiger partial charge in [0.15, 0.2) is 0 Å². The van der Waals surface area contributed by atoms with E-state index in [-0.39, 0.29) is 5.41 Å². The van der Waals surface area contributed by atoms with Gasteiger partial charge in [0.25, 0.3) is 0 Å². The molecule has 3 nitrogen and oxygen atoms in total. The second-order valence-electron chi connectivity index (χ2n) is 5.40. The third kappa shape index (κ3) is 2.93. The number of hydrogen-bond donors (Lipinski definition) is 1. The van der Waals surface area contributed by atoms with Gasteiger partial charge in [0.05, 0.1) is 10.2 Å². The Hall–Kier alpha value is -0.870. The van der Waals surface area contributed by atoms with Crippen molar-refractivity contribution < 1.29 is 0 Å². The lowest BCUT2D eigenvalue weighted by molar-refractivity contribution is 0.334. The van der Waals surface area contributed by atoms with Crippen LogP contribution in [0.15, 0.2) is 17.8 Å². The summed E-state index contributed by atoms with van der Waals surface area (Å²) in [5.74, 6) is 1.56. The predicted molar refractivity (Wildman–Crippen MR) is 79.6 cm³/mol. The first kappa shape index (κ1) is 13.6. The second kappa shape index (κ2) is 5.41. The number of fused-ring (bicyclic) bond motifs is 1. The highest BCUT2D eigenvalue weighted by Crippen LogP contribution is 2.30. The standard InChI is InChI=1S/C13H18ClN3S/c1-13(2,3)10(4-6-14)17-12-11-9(5-7-18-11)15-8-16-12/h5,7-8,10H,4,6H2,1-3H3,(H,15,16,17). The van der Waals surface area contributed by atoms with Crippen LogP contribution in [0.5, 0.6) is 0 Å². The van der Waals surface area contributed by atoms with E-state index in [1.807, 2.05) is 11.4 Å². The van der Waals surface area contributed by atoms with E-state index in [0.717, 1.165) is 22.5 Å². The Bertz CT molecular complexity index is 518. The summed E-state index contributed by atoms with van der Waals surface area (Å²) in [6.45, 7) is 6.64. The lowest BCUT2D eigenvalue weighted by Gasteiger charge is -2.31. The minimum atomic E-state index is 0.142. The zero-order valence-electron chi connectivity index (χ0n) is 10.9. The lowest BCUT2D eigenvalue weighted by atomic mass is 9.85. The fraction of sp³-hybridized carbons (Fsp3) is 0.538. The van der Waals surface area contributed by atoms with E-state index in [4.69, 9.17) is 11.6 Å². The van der Waals surface area contributed by atoms with Crippen LogP contribution in [0.1, 0.15) is 27.2 Å². The van der Waals surface area contributed by atoms with Crippen molar-refractivity contribution in [2.24, 2.45) is 5.41 Å². The van der Waals surface area contributed by atoms with Crippen LogP contribution in [0.2, 0.25) is 0 Å². The Morgan fingerprint density at radius 3 is 2.83 bits per heavy atom. The molecule has 2 heterocycles. The van der Waals surface area contributed by atoms with Gasteiger partial charge in [-0.3, -0.25) is 0 Å². The molecule has 1 N–H and O–H groups in total. The highest BCUT2D eigenvalue weighted by molar-refractivity contribution is 7.17. The highest BCUT2D eigenvalue weighted by atomic mass is 35.5. The number of alkyl halides is 1. The maximum atomic E-state index is 5.90. The number of nitrogens with one attached hydrogen (secondary N) is 1. The van der Waals surface area contributed by atoms with Crippen LogP contribution in [0.25, 0.3) is 10.2 Å². The molecule has 0 spiro atoms. The smallest absolute Gasteiger partial charge is 0.147 e. The third-order valence-electron chi connectivity index (χ3n) is 3.00. The summed E-state index contributed by atoms with van der Waals surface area (Å²) in [5, 5.41) is 5.56. The third-order valence-corrected chi connectivity index (χ3v) is 4.13. The molecule has 2 aromatic heterocycles. The van der Waals surface area contributed by atoms with E-state index >= 15 is 0 Å². The highest BCUT2D eigenvalue weighted by Gasteiger charge is 2.25. The Morgan fingerprint density at radius 1 is 1.39 bits per heavy atom. The zero-order valence-corrected chi connectivity index (χ0v) is 12.5. The molecule has 0 amide bonds. The van der Waals surface area contributed by atoms with Crippen molar-refractivity contribution in [2.45, 2.75) is 33.2 Å².